The average molecular weight is 602 g/mol. The van der Waals surface area contributed by atoms with Crippen LogP contribution in [0.3, 0.4) is 0 Å². The molecular weight excluding hydrogens is 578 g/mol. The number of rotatable bonds is 7. The first kappa shape index (κ1) is 27.3. The Morgan fingerprint density at radius 1 is 1.21 bits per heavy atom. The van der Waals surface area contributed by atoms with Gasteiger partial charge in [-0.15, -0.1) is 0 Å². The fraction of sp³-hybridized carbons (Fsp3) is 0.269. The number of hydrogen-bond acceptors (Lipinski definition) is 9. The van der Waals surface area contributed by atoms with Crippen LogP contribution in [0.1, 0.15) is 36.6 Å². The van der Waals surface area contributed by atoms with E-state index >= 15 is 0 Å². The third-order valence-electron chi connectivity index (χ3n) is 6.05. The van der Waals surface area contributed by atoms with Gasteiger partial charge >= 0.3 is 5.97 Å². The van der Waals surface area contributed by atoms with E-state index in [0.717, 1.165) is 11.3 Å². The molecule has 10 nitrogen and oxygen atoms in total. The lowest BCUT2D eigenvalue weighted by Crippen LogP contribution is -2.40. The molecule has 0 amide bonds. The van der Waals surface area contributed by atoms with E-state index in [1.807, 2.05) is 0 Å². The zero-order valence-electron chi connectivity index (χ0n) is 21.2. The summed E-state index contributed by atoms with van der Waals surface area (Å²) in [7, 11) is 3.05. The summed E-state index contributed by atoms with van der Waals surface area (Å²) in [6, 6.07) is 7.16. The highest BCUT2D eigenvalue weighted by Crippen LogP contribution is 2.35. The van der Waals surface area contributed by atoms with E-state index in [-0.39, 0.29) is 17.9 Å². The summed E-state index contributed by atoms with van der Waals surface area (Å²) >= 11 is 4.60. The Kier molecular flexibility index (Phi) is 7.83. The standard InChI is InChI=1S/C26H24BrN3O7S/c1-6-37-25(32)22-14(3)28-26-29(23(22)15-8-7-13(2)18(10-15)30(33)34)24(31)21(38-26)11-16-9-17(27)20(36-5)12-19(16)35-4/h7-12,23H,6H2,1-5H3/b21-11+/t23-/m1/s1. The molecule has 2 aromatic carbocycles. The van der Waals surface area contributed by atoms with Gasteiger partial charge in [0.15, 0.2) is 4.80 Å². The Bertz CT molecular complexity index is 1670. The highest BCUT2D eigenvalue weighted by Gasteiger charge is 2.34. The Morgan fingerprint density at radius 2 is 1.92 bits per heavy atom. The topological polar surface area (TPSA) is 122 Å². The third-order valence-corrected chi connectivity index (χ3v) is 7.66. The van der Waals surface area contributed by atoms with E-state index in [1.165, 1.54) is 24.9 Å². The number of carbonyl (C=O) groups is 1. The molecular formula is C26H24BrN3O7S. The number of aryl methyl sites for hydroxylation is 1. The van der Waals surface area contributed by atoms with Crippen molar-refractivity contribution in [1.82, 2.24) is 4.57 Å². The molecule has 0 saturated carbocycles. The number of allylic oxidation sites excluding steroid dienone is 1. The maximum Gasteiger partial charge on any atom is 0.338 e. The number of aromatic nitrogens is 1. The molecule has 1 aliphatic heterocycles. The number of nitrogens with zero attached hydrogens (tertiary/aromatic N) is 3. The van der Waals surface area contributed by atoms with Crippen LogP contribution >= 0.6 is 27.3 Å². The maximum atomic E-state index is 13.8. The van der Waals surface area contributed by atoms with Gasteiger partial charge in [-0.3, -0.25) is 19.5 Å². The summed E-state index contributed by atoms with van der Waals surface area (Å²) < 4.78 is 18.5. The van der Waals surface area contributed by atoms with Gasteiger partial charge in [0, 0.05) is 23.3 Å². The fourth-order valence-corrected chi connectivity index (χ4v) is 5.80. The molecule has 0 radical (unpaired) electrons. The van der Waals surface area contributed by atoms with Crippen LogP contribution in [0, 0.1) is 17.0 Å². The van der Waals surface area contributed by atoms with Gasteiger partial charge in [0.05, 0.1) is 52.1 Å². The molecule has 0 N–H and O–H groups in total. The molecule has 3 aromatic rings. The minimum atomic E-state index is -0.962. The Hall–Kier alpha value is -3.77. The largest absolute Gasteiger partial charge is 0.496 e. The van der Waals surface area contributed by atoms with E-state index in [4.69, 9.17) is 14.2 Å². The normalized spacial score (nSPS) is 15.1. The molecule has 0 spiro atoms. The molecule has 4 rings (SSSR count). The molecule has 0 bridgehead atoms. The number of ether oxygens (including phenoxy) is 3. The van der Waals surface area contributed by atoms with Gasteiger partial charge in [0.1, 0.15) is 11.5 Å². The maximum absolute atomic E-state index is 13.8. The lowest BCUT2D eigenvalue weighted by molar-refractivity contribution is -0.385. The van der Waals surface area contributed by atoms with E-state index in [1.54, 1.807) is 51.1 Å². The minimum Gasteiger partial charge on any atom is -0.496 e. The molecule has 1 atom stereocenters. The third kappa shape index (κ3) is 4.88. The SMILES string of the molecule is CCOC(=O)C1=C(C)N=c2s/c(=C/c3cc(Br)c(OC)cc3OC)c(=O)n2[C@@H]1c1ccc(C)c([N+](=O)[O-])c1. The van der Waals surface area contributed by atoms with Crippen LogP contribution in [0.15, 0.2) is 55.9 Å². The van der Waals surface area contributed by atoms with Crippen LogP contribution in [0.5, 0.6) is 11.5 Å². The monoisotopic (exact) mass is 601 g/mol. The summed E-state index contributed by atoms with van der Waals surface area (Å²) in [5.41, 5.74) is 1.47. The number of nitro groups is 1. The van der Waals surface area contributed by atoms with Crippen LogP contribution in [-0.2, 0) is 9.53 Å². The van der Waals surface area contributed by atoms with Crippen LogP contribution in [0.2, 0.25) is 0 Å². The second-order valence-corrected chi connectivity index (χ2v) is 10.2. The van der Waals surface area contributed by atoms with E-state index in [0.29, 0.717) is 47.7 Å². The summed E-state index contributed by atoms with van der Waals surface area (Å²) in [4.78, 5) is 43.0. The molecule has 198 valence electrons. The predicted octanol–water partition coefficient (Wildman–Crippen LogP) is 3.79. The summed E-state index contributed by atoms with van der Waals surface area (Å²) in [5.74, 6) is 0.415. The van der Waals surface area contributed by atoms with Crippen molar-refractivity contribution >= 4 is 45.0 Å². The number of carbonyl (C=O) groups excluding carboxylic acids is 1. The predicted molar refractivity (Wildman–Crippen MR) is 145 cm³/mol. The molecule has 38 heavy (non-hydrogen) atoms. The van der Waals surface area contributed by atoms with Crippen LogP contribution < -0.4 is 24.4 Å². The number of benzene rings is 2. The van der Waals surface area contributed by atoms with Gasteiger partial charge in [-0.05, 0) is 54.4 Å². The molecule has 0 fully saturated rings. The van der Waals surface area contributed by atoms with Gasteiger partial charge < -0.3 is 14.2 Å². The Balaban J connectivity index is 2.00. The number of nitro benzene ring substituents is 1. The van der Waals surface area contributed by atoms with Gasteiger partial charge in [0.25, 0.3) is 11.2 Å². The summed E-state index contributed by atoms with van der Waals surface area (Å²) in [6.07, 6.45) is 1.67. The van der Waals surface area contributed by atoms with Crippen molar-refractivity contribution < 1.29 is 23.9 Å². The van der Waals surface area contributed by atoms with Gasteiger partial charge in [0.2, 0.25) is 0 Å². The molecule has 0 aliphatic carbocycles. The second-order valence-electron chi connectivity index (χ2n) is 8.33. The lowest BCUT2D eigenvalue weighted by Gasteiger charge is -2.24. The molecule has 1 aromatic heterocycles. The minimum absolute atomic E-state index is 0.115. The van der Waals surface area contributed by atoms with Crippen molar-refractivity contribution in [3.8, 4) is 11.5 Å². The molecule has 12 heteroatoms. The molecule has 2 heterocycles. The number of fused-ring (bicyclic) bond motifs is 1. The van der Waals surface area contributed by atoms with Crippen molar-refractivity contribution in [2.45, 2.75) is 26.8 Å². The molecule has 0 saturated heterocycles. The number of esters is 1. The first-order valence-corrected chi connectivity index (χ1v) is 13.1. The van der Waals surface area contributed by atoms with Crippen molar-refractivity contribution in [2.75, 3.05) is 20.8 Å². The molecule has 0 unspecified atom stereocenters. The van der Waals surface area contributed by atoms with Gasteiger partial charge in [-0.25, -0.2) is 9.79 Å². The van der Waals surface area contributed by atoms with Crippen molar-refractivity contribution in [3.05, 3.63) is 92.6 Å². The number of thiazole rings is 1. The average Bonchev–Trinajstić information content (AvgIpc) is 3.17. The Morgan fingerprint density at radius 3 is 2.55 bits per heavy atom. The first-order valence-electron chi connectivity index (χ1n) is 11.5. The van der Waals surface area contributed by atoms with Crippen molar-refractivity contribution in [3.63, 3.8) is 0 Å². The van der Waals surface area contributed by atoms with E-state index in [2.05, 4.69) is 20.9 Å². The second kappa shape index (κ2) is 10.9. The Labute approximate surface area is 229 Å². The quantitative estimate of drug-likeness (QED) is 0.229. The summed E-state index contributed by atoms with van der Waals surface area (Å²) in [6.45, 7) is 5.08. The van der Waals surface area contributed by atoms with Crippen LogP contribution in [0.25, 0.3) is 6.08 Å². The molecule has 1 aliphatic rings. The van der Waals surface area contributed by atoms with Gasteiger partial charge in [-0.1, -0.05) is 23.5 Å². The summed E-state index contributed by atoms with van der Waals surface area (Å²) in [5, 5.41) is 11.7. The zero-order chi connectivity index (χ0) is 27.7. The fourth-order valence-electron chi connectivity index (χ4n) is 4.24. The zero-order valence-corrected chi connectivity index (χ0v) is 23.6. The first-order chi connectivity index (χ1) is 18.1. The van der Waals surface area contributed by atoms with E-state index in [9.17, 15) is 19.7 Å². The van der Waals surface area contributed by atoms with Gasteiger partial charge in [-0.2, -0.15) is 0 Å². The van der Waals surface area contributed by atoms with Crippen molar-refractivity contribution in [1.29, 1.82) is 0 Å². The highest BCUT2D eigenvalue weighted by molar-refractivity contribution is 9.10. The number of hydrogen-bond donors (Lipinski definition) is 0. The lowest BCUT2D eigenvalue weighted by atomic mass is 9.94. The number of methoxy groups -OCH3 is 2. The smallest absolute Gasteiger partial charge is 0.338 e. The highest BCUT2D eigenvalue weighted by atomic mass is 79.9. The van der Waals surface area contributed by atoms with Crippen LogP contribution in [0.4, 0.5) is 5.69 Å². The van der Waals surface area contributed by atoms with E-state index < -0.39 is 22.5 Å². The van der Waals surface area contributed by atoms with Crippen molar-refractivity contribution in [2.24, 2.45) is 4.99 Å². The van der Waals surface area contributed by atoms with Crippen LogP contribution in [-0.4, -0.2) is 36.3 Å². The number of halogens is 1.